The summed E-state index contributed by atoms with van der Waals surface area (Å²) < 4.78 is 4.89. The SMILES string of the molecule is CCCC(=O)Oc1c(O)cc(/C=C(\C#N)C(=O)N(CC)CC)cc1[N+](=O)[O-]. The lowest BCUT2D eigenvalue weighted by Crippen LogP contribution is -2.31. The van der Waals surface area contributed by atoms with Crippen molar-refractivity contribution >= 4 is 23.6 Å². The summed E-state index contributed by atoms with van der Waals surface area (Å²) in [4.78, 5) is 35.8. The molecule has 0 unspecified atom stereocenters. The molecule has 27 heavy (non-hydrogen) atoms. The lowest BCUT2D eigenvalue weighted by atomic mass is 10.1. The number of aromatic hydroxyl groups is 1. The second-order valence-electron chi connectivity index (χ2n) is 5.52. The lowest BCUT2D eigenvalue weighted by molar-refractivity contribution is -0.385. The van der Waals surface area contributed by atoms with Gasteiger partial charge in [0.05, 0.1) is 4.92 Å². The molecule has 9 heteroatoms. The fourth-order valence-corrected chi connectivity index (χ4v) is 2.30. The zero-order chi connectivity index (χ0) is 20.6. The highest BCUT2D eigenvalue weighted by Gasteiger charge is 2.24. The summed E-state index contributed by atoms with van der Waals surface area (Å²) in [7, 11) is 0. The maximum atomic E-state index is 12.3. The summed E-state index contributed by atoms with van der Waals surface area (Å²) in [5.41, 5.74) is -0.812. The van der Waals surface area contributed by atoms with Crippen LogP contribution >= 0.6 is 0 Å². The van der Waals surface area contributed by atoms with Gasteiger partial charge in [-0.3, -0.25) is 19.7 Å². The van der Waals surface area contributed by atoms with Gasteiger partial charge >= 0.3 is 11.7 Å². The zero-order valence-electron chi connectivity index (χ0n) is 15.4. The van der Waals surface area contributed by atoms with Crippen LogP contribution in [0.15, 0.2) is 17.7 Å². The Bertz CT molecular complexity index is 806. The van der Waals surface area contributed by atoms with Gasteiger partial charge in [0, 0.05) is 25.6 Å². The molecule has 144 valence electrons. The number of likely N-dealkylation sites (N-methyl/N-ethyl adjacent to an activating group) is 1. The quantitative estimate of drug-likeness (QED) is 0.184. The van der Waals surface area contributed by atoms with Crippen LogP contribution in [0.5, 0.6) is 11.5 Å². The average Bonchev–Trinajstić information content (AvgIpc) is 2.62. The topological polar surface area (TPSA) is 134 Å². The number of esters is 1. The Kier molecular flexibility index (Phi) is 7.94. The Balaban J connectivity index is 3.38. The van der Waals surface area contributed by atoms with Crippen molar-refractivity contribution < 1.29 is 24.4 Å². The molecule has 0 heterocycles. The molecule has 0 saturated carbocycles. The number of carbonyl (C=O) groups is 2. The maximum absolute atomic E-state index is 12.3. The lowest BCUT2D eigenvalue weighted by Gasteiger charge is -2.17. The standard InChI is InChI=1S/C18H21N3O6/c1-4-7-16(23)27-17-14(21(25)26)9-12(10-15(17)22)8-13(11-19)18(24)20(5-2)6-3/h8-10,22H,4-7H2,1-3H3/b13-8+. The Labute approximate surface area is 156 Å². The first-order valence-electron chi connectivity index (χ1n) is 8.42. The summed E-state index contributed by atoms with van der Waals surface area (Å²) >= 11 is 0. The van der Waals surface area contributed by atoms with Gasteiger partial charge in [0.2, 0.25) is 5.75 Å². The van der Waals surface area contributed by atoms with Gasteiger partial charge in [0.15, 0.2) is 5.75 Å². The molecule has 1 N–H and O–H groups in total. The van der Waals surface area contributed by atoms with Gasteiger partial charge in [-0.25, -0.2) is 0 Å². The van der Waals surface area contributed by atoms with Crippen LogP contribution in [-0.2, 0) is 9.59 Å². The van der Waals surface area contributed by atoms with Crippen LogP contribution in [0.3, 0.4) is 0 Å². The van der Waals surface area contributed by atoms with Crippen LogP contribution < -0.4 is 4.74 Å². The Hall–Kier alpha value is -3.41. The number of ether oxygens (including phenoxy) is 1. The van der Waals surface area contributed by atoms with Gasteiger partial charge in [-0.05, 0) is 38.0 Å². The van der Waals surface area contributed by atoms with Gasteiger partial charge in [0.25, 0.3) is 5.91 Å². The predicted molar refractivity (Wildman–Crippen MR) is 96.8 cm³/mol. The number of phenolic OH excluding ortho intramolecular Hbond substituents is 1. The molecule has 0 aliphatic rings. The van der Waals surface area contributed by atoms with Crippen molar-refractivity contribution in [3.63, 3.8) is 0 Å². The third-order valence-electron chi connectivity index (χ3n) is 3.65. The Morgan fingerprint density at radius 2 is 1.96 bits per heavy atom. The first-order chi connectivity index (χ1) is 12.8. The summed E-state index contributed by atoms with van der Waals surface area (Å²) in [6.07, 6.45) is 1.66. The molecule has 0 spiro atoms. The minimum Gasteiger partial charge on any atom is -0.504 e. The number of benzene rings is 1. The van der Waals surface area contributed by atoms with Crippen molar-refractivity contribution in [2.45, 2.75) is 33.6 Å². The van der Waals surface area contributed by atoms with E-state index in [4.69, 9.17) is 4.74 Å². The number of hydrogen-bond acceptors (Lipinski definition) is 7. The molecule has 0 aromatic heterocycles. The van der Waals surface area contributed by atoms with Crippen molar-refractivity contribution in [1.29, 1.82) is 5.26 Å². The molecule has 0 aliphatic heterocycles. The zero-order valence-corrected chi connectivity index (χ0v) is 15.4. The third-order valence-corrected chi connectivity index (χ3v) is 3.65. The summed E-state index contributed by atoms with van der Waals surface area (Å²) in [5, 5.41) is 30.6. The van der Waals surface area contributed by atoms with Crippen molar-refractivity contribution in [1.82, 2.24) is 4.90 Å². The van der Waals surface area contributed by atoms with Crippen LogP contribution in [0.4, 0.5) is 5.69 Å². The molecule has 9 nitrogen and oxygen atoms in total. The van der Waals surface area contributed by atoms with E-state index in [0.29, 0.717) is 19.5 Å². The Morgan fingerprint density at radius 1 is 1.33 bits per heavy atom. The number of amides is 1. The maximum Gasteiger partial charge on any atom is 0.316 e. The molecule has 0 bridgehead atoms. The largest absolute Gasteiger partial charge is 0.504 e. The molecule has 1 rings (SSSR count). The van der Waals surface area contributed by atoms with Gasteiger partial charge in [-0.2, -0.15) is 5.26 Å². The van der Waals surface area contributed by atoms with E-state index in [0.717, 1.165) is 18.2 Å². The van der Waals surface area contributed by atoms with E-state index < -0.39 is 34.0 Å². The highest BCUT2D eigenvalue weighted by molar-refractivity contribution is 6.01. The average molecular weight is 375 g/mol. The van der Waals surface area contributed by atoms with Crippen molar-refractivity contribution in [2.24, 2.45) is 0 Å². The highest BCUT2D eigenvalue weighted by atomic mass is 16.6. The molecule has 1 amide bonds. The number of nitro benzene ring substituents is 1. The Morgan fingerprint density at radius 3 is 2.44 bits per heavy atom. The first-order valence-corrected chi connectivity index (χ1v) is 8.42. The molecule has 0 saturated heterocycles. The molecule has 0 atom stereocenters. The molecule has 0 fully saturated rings. The number of nitriles is 1. The van der Waals surface area contributed by atoms with Crippen LogP contribution in [-0.4, -0.2) is 39.9 Å². The number of rotatable bonds is 8. The highest BCUT2D eigenvalue weighted by Crippen LogP contribution is 2.38. The van der Waals surface area contributed by atoms with E-state index in [-0.39, 0.29) is 17.6 Å². The third kappa shape index (κ3) is 5.54. The molecular weight excluding hydrogens is 354 g/mol. The number of carbonyl (C=O) groups excluding carboxylic acids is 2. The summed E-state index contributed by atoms with van der Waals surface area (Å²) in [6, 6.07) is 3.88. The number of phenols is 1. The van der Waals surface area contributed by atoms with E-state index in [1.165, 1.54) is 4.90 Å². The van der Waals surface area contributed by atoms with Gasteiger partial charge in [-0.1, -0.05) is 6.92 Å². The van der Waals surface area contributed by atoms with Crippen LogP contribution in [0.25, 0.3) is 6.08 Å². The number of hydrogen-bond donors (Lipinski definition) is 1. The number of nitrogens with zero attached hydrogens (tertiary/aromatic N) is 3. The summed E-state index contributed by atoms with van der Waals surface area (Å²) in [6.45, 7) is 6.04. The monoisotopic (exact) mass is 375 g/mol. The van der Waals surface area contributed by atoms with E-state index in [1.54, 1.807) is 26.8 Å². The minimum absolute atomic E-state index is 0.0369. The van der Waals surface area contributed by atoms with Crippen LogP contribution in [0.2, 0.25) is 0 Å². The van der Waals surface area contributed by atoms with E-state index in [1.807, 2.05) is 0 Å². The molecule has 0 aliphatic carbocycles. The van der Waals surface area contributed by atoms with E-state index in [2.05, 4.69) is 0 Å². The van der Waals surface area contributed by atoms with Gasteiger partial charge in [0.1, 0.15) is 11.6 Å². The second kappa shape index (κ2) is 9.91. The molecule has 1 aromatic carbocycles. The fourth-order valence-electron chi connectivity index (χ4n) is 2.30. The molecule has 0 radical (unpaired) electrons. The van der Waals surface area contributed by atoms with E-state index in [9.17, 15) is 30.1 Å². The number of nitro groups is 1. The fraction of sp³-hybridized carbons (Fsp3) is 0.389. The summed E-state index contributed by atoms with van der Waals surface area (Å²) in [5.74, 6) is -2.44. The first kappa shape index (κ1) is 21.6. The van der Waals surface area contributed by atoms with Crippen molar-refractivity contribution in [2.75, 3.05) is 13.1 Å². The predicted octanol–water partition coefficient (Wildman–Crippen LogP) is 2.78. The van der Waals surface area contributed by atoms with Gasteiger partial charge in [-0.15, -0.1) is 0 Å². The van der Waals surface area contributed by atoms with Crippen LogP contribution in [0, 0.1) is 21.4 Å². The molecule has 1 aromatic rings. The smallest absolute Gasteiger partial charge is 0.316 e. The van der Waals surface area contributed by atoms with Crippen LogP contribution in [0.1, 0.15) is 39.2 Å². The molecular formula is C18H21N3O6. The second-order valence-corrected chi connectivity index (χ2v) is 5.52. The van der Waals surface area contributed by atoms with Crippen molar-refractivity contribution in [3.8, 4) is 17.6 Å². The normalized spacial score (nSPS) is 10.8. The van der Waals surface area contributed by atoms with Gasteiger partial charge < -0.3 is 14.7 Å². The van der Waals surface area contributed by atoms with E-state index >= 15 is 0 Å². The van der Waals surface area contributed by atoms with Crippen molar-refractivity contribution in [3.05, 3.63) is 33.4 Å². The minimum atomic E-state index is -0.816.